The van der Waals surface area contributed by atoms with Gasteiger partial charge in [0.1, 0.15) is 12.1 Å². The fourth-order valence-electron chi connectivity index (χ4n) is 1.83. The molecule has 3 nitrogen and oxygen atoms in total. The molecule has 1 unspecified atom stereocenters. The Labute approximate surface area is 81.7 Å². The van der Waals surface area contributed by atoms with Gasteiger partial charge in [0, 0.05) is 18.9 Å². The Morgan fingerprint density at radius 2 is 2.46 bits per heavy atom. The number of fused-ring (bicyclic) bond motifs is 1. The molecule has 0 spiro atoms. The van der Waals surface area contributed by atoms with E-state index in [9.17, 15) is 4.79 Å². The Kier molecular flexibility index (Phi) is 2.12. The highest BCUT2D eigenvalue weighted by molar-refractivity contribution is 6.30. The summed E-state index contributed by atoms with van der Waals surface area (Å²) in [4.78, 5) is 14.8. The minimum atomic E-state index is 0.126. The summed E-state index contributed by atoms with van der Waals surface area (Å²) in [5.74, 6) is 1.07. The average Bonchev–Trinajstić information content (AvgIpc) is 2.42. The van der Waals surface area contributed by atoms with Gasteiger partial charge in [-0.2, -0.15) is 0 Å². The molecule has 1 aliphatic heterocycles. The maximum Gasteiger partial charge on any atom is 0.150 e. The second kappa shape index (κ2) is 3.14. The predicted octanol–water partition coefficient (Wildman–Crippen LogP) is 1.61. The van der Waals surface area contributed by atoms with Crippen molar-refractivity contribution in [3.8, 4) is 0 Å². The summed E-state index contributed by atoms with van der Waals surface area (Å²) in [7, 11) is 0. The third kappa shape index (κ3) is 1.37. The van der Waals surface area contributed by atoms with Crippen molar-refractivity contribution in [1.82, 2.24) is 9.55 Å². The van der Waals surface area contributed by atoms with Crippen molar-refractivity contribution in [1.29, 1.82) is 0 Å². The molecule has 70 valence electrons. The van der Waals surface area contributed by atoms with Crippen LogP contribution in [0.25, 0.3) is 0 Å². The van der Waals surface area contributed by atoms with E-state index in [0.29, 0.717) is 5.15 Å². The van der Waals surface area contributed by atoms with E-state index in [1.54, 1.807) is 0 Å². The number of aromatic nitrogens is 2. The van der Waals surface area contributed by atoms with Crippen molar-refractivity contribution < 1.29 is 4.79 Å². The van der Waals surface area contributed by atoms with Crippen molar-refractivity contribution in [3.05, 3.63) is 16.7 Å². The SMILES string of the molecule is Cc1nc(Cl)c2n1CCC(C=O)C2. The standard InChI is InChI=1S/C9H11ClN2O/c1-6-11-9(10)8-4-7(5-13)2-3-12(6)8/h5,7H,2-4H2,1H3. The van der Waals surface area contributed by atoms with Gasteiger partial charge in [-0.1, -0.05) is 11.6 Å². The van der Waals surface area contributed by atoms with Crippen LogP contribution in [0.3, 0.4) is 0 Å². The quantitative estimate of drug-likeness (QED) is 0.643. The summed E-state index contributed by atoms with van der Waals surface area (Å²) in [5.41, 5.74) is 1.02. The van der Waals surface area contributed by atoms with Crippen LogP contribution >= 0.6 is 11.6 Å². The van der Waals surface area contributed by atoms with Gasteiger partial charge in [0.25, 0.3) is 0 Å². The fraction of sp³-hybridized carbons (Fsp3) is 0.556. The topological polar surface area (TPSA) is 34.9 Å². The van der Waals surface area contributed by atoms with Gasteiger partial charge in [0.2, 0.25) is 0 Å². The number of rotatable bonds is 1. The molecule has 0 aromatic carbocycles. The lowest BCUT2D eigenvalue weighted by molar-refractivity contribution is -0.111. The van der Waals surface area contributed by atoms with Crippen LogP contribution in [0.4, 0.5) is 0 Å². The summed E-state index contributed by atoms with van der Waals surface area (Å²) in [6, 6.07) is 0. The van der Waals surface area contributed by atoms with Crippen LogP contribution in [0.5, 0.6) is 0 Å². The molecular weight excluding hydrogens is 188 g/mol. The smallest absolute Gasteiger partial charge is 0.150 e. The van der Waals surface area contributed by atoms with E-state index in [0.717, 1.165) is 37.2 Å². The van der Waals surface area contributed by atoms with Crippen molar-refractivity contribution in [3.63, 3.8) is 0 Å². The summed E-state index contributed by atoms with van der Waals surface area (Å²) in [6.45, 7) is 2.81. The number of carbonyl (C=O) groups excluding carboxylic acids is 1. The first kappa shape index (κ1) is 8.75. The van der Waals surface area contributed by atoms with Crippen LogP contribution in [-0.2, 0) is 17.8 Å². The number of carbonyl (C=O) groups is 1. The molecule has 1 atom stereocenters. The van der Waals surface area contributed by atoms with E-state index < -0.39 is 0 Å². The normalized spacial score (nSPS) is 21.2. The van der Waals surface area contributed by atoms with Crippen LogP contribution < -0.4 is 0 Å². The minimum Gasteiger partial charge on any atom is -0.331 e. The molecule has 13 heavy (non-hydrogen) atoms. The Morgan fingerprint density at radius 3 is 3.15 bits per heavy atom. The zero-order valence-corrected chi connectivity index (χ0v) is 8.21. The Morgan fingerprint density at radius 1 is 1.69 bits per heavy atom. The molecule has 0 radical (unpaired) electrons. The Balaban J connectivity index is 2.38. The highest BCUT2D eigenvalue weighted by Gasteiger charge is 2.22. The molecule has 1 aromatic rings. The average molecular weight is 199 g/mol. The third-order valence-corrected chi connectivity index (χ3v) is 2.89. The fourth-order valence-corrected chi connectivity index (χ4v) is 2.13. The maximum atomic E-state index is 10.6. The summed E-state index contributed by atoms with van der Waals surface area (Å²) in [6.07, 6.45) is 2.66. The maximum absolute atomic E-state index is 10.6. The van der Waals surface area contributed by atoms with Gasteiger partial charge >= 0.3 is 0 Å². The van der Waals surface area contributed by atoms with E-state index in [1.807, 2.05) is 6.92 Å². The molecule has 0 amide bonds. The molecule has 0 bridgehead atoms. The zero-order chi connectivity index (χ0) is 9.42. The van der Waals surface area contributed by atoms with Gasteiger partial charge in [-0.05, 0) is 13.3 Å². The summed E-state index contributed by atoms with van der Waals surface area (Å²) >= 11 is 5.94. The minimum absolute atomic E-state index is 0.126. The van der Waals surface area contributed by atoms with Gasteiger partial charge in [0.15, 0.2) is 5.15 Å². The van der Waals surface area contributed by atoms with Crippen molar-refractivity contribution >= 4 is 17.9 Å². The van der Waals surface area contributed by atoms with Gasteiger partial charge in [0.05, 0.1) is 5.69 Å². The number of hydrogen-bond acceptors (Lipinski definition) is 2. The molecule has 0 N–H and O–H groups in total. The van der Waals surface area contributed by atoms with Crippen molar-refractivity contribution in [2.24, 2.45) is 5.92 Å². The molecule has 0 aliphatic carbocycles. The zero-order valence-electron chi connectivity index (χ0n) is 7.46. The second-order valence-corrected chi connectivity index (χ2v) is 3.80. The third-order valence-electron chi connectivity index (χ3n) is 2.59. The molecule has 0 saturated heterocycles. The van der Waals surface area contributed by atoms with E-state index in [4.69, 9.17) is 11.6 Å². The monoisotopic (exact) mass is 198 g/mol. The van der Waals surface area contributed by atoms with Crippen LogP contribution in [-0.4, -0.2) is 15.8 Å². The highest BCUT2D eigenvalue weighted by Crippen LogP contribution is 2.26. The first-order chi connectivity index (χ1) is 6.22. The summed E-state index contributed by atoms with van der Waals surface area (Å²) < 4.78 is 2.10. The first-order valence-corrected chi connectivity index (χ1v) is 4.77. The number of aryl methyl sites for hydroxylation is 1. The second-order valence-electron chi connectivity index (χ2n) is 3.44. The molecule has 4 heteroatoms. The number of imidazole rings is 1. The van der Waals surface area contributed by atoms with Gasteiger partial charge in [-0.15, -0.1) is 0 Å². The highest BCUT2D eigenvalue weighted by atomic mass is 35.5. The van der Waals surface area contributed by atoms with Gasteiger partial charge in [-0.3, -0.25) is 0 Å². The molecule has 0 fully saturated rings. The van der Waals surface area contributed by atoms with Crippen LogP contribution in [0.2, 0.25) is 5.15 Å². The van der Waals surface area contributed by atoms with Crippen molar-refractivity contribution in [2.45, 2.75) is 26.3 Å². The molecule has 2 rings (SSSR count). The lowest BCUT2D eigenvalue weighted by atomic mass is 9.98. The number of nitrogens with zero attached hydrogens (tertiary/aromatic N) is 2. The van der Waals surface area contributed by atoms with E-state index in [2.05, 4.69) is 9.55 Å². The van der Waals surface area contributed by atoms with Crippen LogP contribution in [0.1, 0.15) is 17.9 Å². The van der Waals surface area contributed by atoms with E-state index >= 15 is 0 Å². The van der Waals surface area contributed by atoms with E-state index in [-0.39, 0.29) is 5.92 Å². The molecule has 2 heterocycles. The number of halogens is 1. The predicted molar refractivity (Wildman–Crippen MR) is 49.8 cm³/mol. The van der Waals surface area contributed by atoms with Gasteiger partial charge in [-0.25, -0.2) is 4.98 Å². The van der Waals surface area contributed by atoms with Crippen LogP contribution in [0, 0.1) is 12.8 Å². The molecular formula is C9H11ClN2O. The van der Waals surface area contributed by atoms with Gasteiger partial charge < -0.3 is 9.36 Å². The Hall–Kier alpha value is -0.830. The summed E-state index contributed by atoms with van der Waals surface area (Å²) in [5, 5.41) is 0.559. The molecule has 1 aromatic heterocycles. The largest absolute Gasteiger partial charge is 0.331 e. The molecule has 1 aliphatic rings. The molecule has 0 saturated carbocycles. The van der Waals surface area contributed by atoms with E-state index in [1.165, 1.54) is 0 Å². The lowest BCUT2D eigenvalue weighted by Crippen LogP contribution is -2.20. The number of hydrogen-bond donors (Lipinski definition) is 0. The lowest BCUT2D eigenvalue weighted by Gasteiger charge is -2.20. The number of aldehydes is 1. The first-order valence-electron chi connectivity index (χ1n) is 4.39. The Bertz CT molecular complexity index is 346. The van der Waals surface area contributed by atoms with Crippen LogP contribution in [0.15, 0.2) is 0 Å². The van der Waals surface area contributed by atoms with Crippen molar-refractivity contribution in [2.75, 3.05) is 0 Å².